The fourth-order valence-corrected chi connectivity index (χ4v) is 5.59. The molecule has 2 aliphatic rings. The maximum absolute atomic E-state index is 14.6. The van der Waals surface area contributed by atoms with Crippen molar-refractivity contribution < 1.29 is 9.13 Å². The molecule has 2 saturated carbocycles. The van der Waals surface area contributed by atoms with Gasteiger partial charge in [0.25, 0.3) is 0 Å². The summed E-state index contributed by atoms with van der Waals surface area (Å²) in [6.07, 6.45) is 16.8. The molecule has 0 saturated heterocycles. The van der Waals surface area contributed by atoms with Gasteiger partial charge in [-0.15, -0.1) is 0 Å². The van der Waals surface area contributed by atoms with Crippen molar-refractivity contribution in [3.05, 3.63) is 40.7 Å². The number of benzene rings is 1. The molecule has 0 heterocycles. The smallest absolute Gasteiger partial charge is 0.183 e. The molecule has 0 N–H and O–H groups in total. The largest absolute Gasteiger partial charge is 0.490 e. The van der Waals surface area contributed by atoms with E-state index in [1.165, 1.54) is 38.5 Å². The summed E-state index contributed by atoms with van der Waals surface area (Å²) in [5.74, 6) is 2.86. The number of ether oxygens (including phenoxy) is 1. The number of unbranched alkanes of at least 4 members (excludes halogenated alkanes) is 1. The molecule has 2 aliphatic carbocycles. The third-order valence-electron chi connectivity index (χ3n) is 6.99. The standard InChI is InChI=1S/C25H36ClFO/c1-3-5-17-28-23-16-15-22(24(26)25(23)27)21-13-11-20(12-14-21)19-9-7-18(6-4-2)8-10-19/h4,6,15-16,18-21H,3,5,7-14,17H2,1-2H3/b6-4+. The van der Waals surface area contributed by atoms with E-state index < -0.39 is 0 Å². The van der Waals surface area contributed by atoms with Crippen molar-refractivity contribution in [2.45, 2.75) is 84.0 Å². The minimum atomic E-state index is -0.375. The molecule has 0 bridgehead atoms. The first-order chi connectivity index (χ1) is 13.6. The normalized spacial score (nSPS) is 28.6. The Morgan fingerprint density at radius 3 is 2.29 bits per heavy atom. The predicted octanol–water partition coefficient (Wildman–Crippen LogP) is 8.31. The Labute approximate surface area is 175 Å². The number of hydrogen-bond donors (Lipinski definition) is 0. The van der Waals surface area contributed by atoms with E-state index in [0.717, 1.165) is 49.0 Å². The van der Waals surface area contributed by atoms with Crippen molar-refractivity contribution in [1.29, 1.82) is 0 Å². The van der Waals surface area contributed by atoms with Gasteiger partial charge in [-0.1, -0.05) is 43.2 Å². The summed E-state index contributed by atoms with van der Waals surface area (Å²) in [6.45, 7) is 4.77. The van der Waals surface area contributed by atoms with Gasteiger partial charge in [0.05, 0.1) is 11.6 Å². The number of rotatable bonds is 7. The first-order valence-electron chi connectivity index (χ1n) is 11.4. The molecule has 28 heavy (non-hydrogen) atoms. The zero-order valence-corrected chi connectivity index (χ0v) is 18.3. The highest BCUT2D eigenvalue weighted by atomic mass is 35.5. The highest BCUT2D eigenvalue weighted by Crippen LogP contribution is 2.46. The third-order valence-corrected chi connectivity index (χ3v) is 7.38. The Bertz CT molecular complexity index is 640. The first-order valence-corrected chi connectivity index (χ1v) is 11.7. The van der Waals surface area contributed by atoms with Gasteiger partial charge in [-0.25, -0.2) is 4.39 Å². The highest BCUT2D eigenvalue weighted by molar-refractivity contribution is 6.31. The van der Waals surface area contributed by atoms with Gasteiger partial charge in [0.1, 0.15) is 0 Å². The van der Waals surface area contributed by atoms with Crippen molar-refractivity contribution in [2.75, 3.05) is 6.61 Å². The van der Waals surface area contributed by atoms with Crippen molar-refractivity contribution in [1.82, 2.24) is 0 Å². The lowest BCUT2D eigenvalue weighted by Gasteiger charge is -2.37. The van der Waals surface area contributed by atoms with Gasteiger partial charge in [0.2, 0.25) is 0 Å². The Morgan fingerprint density at radius 1 is 1.04 bits per heavy atom. The van der Waals surface area contributed by atoms with Crippen LogP contribution in [0.4, 0.5) is 4.39 Å². The van der Waals surface area contributed by atoms with Crippen LogP contribution in [-0.4, -0.2) is 6.61 Å². The molecule has 1 aromatic rings. The van der Waals surface area contributed by atoms with Crippen molar-refractivity contribution >= 4 is 11.6 Å². The molecular weight excluding hydrogens is 371 g/mol. The average Bonchev–Trinajstić information content (AvgIpc) is 2.72. The van der Waals surface area contributed by atoms with Crippen LogP contribution in [0, 0.1) is 23.6 Å². The van der Waals surface area contributed by atoms with E-state index in [1.54, 1.807) is 6.07 Å². The summed E-state index contributed by atoms with van der Waals surface area (Å²) < 4.78 is 20.2. The SMILES string of the molecule is C/C=C/C1CCC(C2CCC(c3ccc(OCCCC)c(F)c3Cl)CC2)CC1. The monoisotopic (exact) mass is 406 g/mol. The molecule has 3 heteroatoms. The van der Waals surface area contributed by atoms with Crippen LogP contribution in [0.15, 0.2) is 24.3 Å². The van der Waals surface area contributed by atoms with Crippen LogP contribution in [0.5, 0.6) is 5.75 Å². The summed E-state index contributed by atoms with van der Waals surface area (Å²) in [5.41, 5.74) is 0.984. The molecule has 2 fully saturated rings. The summed E-state index contributed by atoms with van der Waals surface area (Å²) in [6, 6.07) is 3.78. The molecule has 0 spiro atoms. The van der Waals surface area contributed by atoms with Crippen molar-refractivity contribution in [3.63, 3.8) is 0 Å². The average molecular weight is 407 g/mol. The quantitative estimate of drug-likeness (QED) is 0.326. The van der Waals surface area contributed by atoms with E-state index in [9.17, 15) is 4.39 Å². The van der Waals surface area contributed by atoms with Gasteiger partial charge in [-0.05, 0) is 100 Å². The van der Waals surface area contributed by atoms with E-state index in [4.69, 9.17) is 16.3 Å². The van der Waals surface area contributed by atoms with Gasteiger partial charge in [0.15, 0.2) is 11.6 Å². The van der Waals surface area contributed by atoms with E-state index in [2.05, 4.69) is 26.0 Å². The molecule has 1 nitrogen and oxygen atoms in total. The second kappa shape index (κ2) is 10.7. The van der Waals surface area contributed by atoms with Gasteiger partial charge in [-0.2, -0.15) is 0 Å². The maximum atomic E-state index is 14.6. The Hall–Kier alpha value is -1.02. The number of allylic oxidation sites excluding steroid dienone is 2. The lowest BCUT2D eigenvalue weighted by Crippen LogP contribution is -2.25. The minimum absolute atomic E-state index is 0.282. The van der Waals surface area contributed by atoms with Gasteiger partial charge in [0, 0.05) is 0 Å². The second-order valence-corrected chi connectivity index (χ2v) is 9.17. The summed E-state index contributed by atoms with van der Waals surface area (Å²) >= 11 is 6.41. The Kier molecular flexibility index (Phi) is 8.26. The van der Waals surface area contributed by atoms with Crippen LogP contribution in [0.1, 0.15) is 89.5 Å². The molecule has 0 aromatic heterocycles. The van der Waals surface area contributed by atoms with E-state index in [-0.39, 0.29) is 10.8 Å². The Morgan fingerprint density at radius 2 is 1.68 bits per heavy atom. The summed E-state index contributed by atoms with van der Waals surface area (Å²) in [5, 5.41) is 0.282. The molecule has 1 aromatic carbocycles. The van der Waals surface area contributed by atoms with Gasteiger partial charge in [-0.3, -0.25) is 0 Å². The molecule has 0 aliphatic heterocycles. The molecule has 0 atom stereocenters. The van der Waals surface area contributed by atoms with Crippen molar-refractivity contribution in [2.24, 2.45) is 17.8 Å². The second-order valence-electron chi connectivity index (χ2n) is 8.80. The number of halogens is 2. The fraction of sp³-hybridized carbons (Fsp3) is 0.680. The minimum Gasteiger partial charge on any atom is -0.490 e. The van der Waals surface area contributed by atoms with Crippen LogP contribution in [0.2, 0.25) is 5.02 Å². The Balaban J connectivity index is 1.54. The molecule has 3 rings (SSSR count). The van der Waals surface area contributed by atoms with Crippen LogP contribution in [-0.2, 0) is 0 Å². The summed E-state index contributed by atoms with van der Waals surface area (Å²) in [4.78, 5) is 0. The van der Waals surface area contributed by atoms with Crippen LogP contribution >= 0.6 is 11.6 Å². The number of hydrogen-bond acceptors (Lipinski definition) is 1. The molecule has 156 valence electrons. The third kappa shape index (κ3) is 5.32. The maximum Gasteiger partial charge on any atom is 0.183 e. The highest BCUT2D eigenvalue weighted by Gasteiger charge is 2.32. The van der Waals surface area contributed by atoms with E-state index in [1.807, 2.05) is 6.07 Å². The van der Waals surface area contributed by atoms with Crippen LogP contribution in [0.3, 0.4) is 0 Å². The van der Waals surface area contributed by atoms with E-state index in [0.29, 0.717) is 18.3 Å². The summed E-state index contributed by atoms with van der Waals surface area (Å²) in [7, 11) is 0. The van der Waals surface area contributed by atoms with Gasteiger partial charge < -0.3 is 4.74 Å². The molecule has 0 radical (unpaired) electrons. The van der Waals surface area contributed by atoms with Crippen molar-refractivity contribution in [3.8, 4) is 5.75 Å². The fourth-order valence-electron chi connectivity index (χ4n) is 5.28. The lowest BCUT2D eigenvalue weighted by atomic mass is 9.68. The van der Waals surface area contributed by atoms with E-state index >= 15 is 0 Å². The van der Waals surface area contributed by atoms with Crippen LogP contribution in [0.25, 0.3) is 0 Å². The van der Waals surface area contributed by atoms with Gasteiger partial charge >= 0.3 is 0 Å². The van der Waals surface area contributed by atoms with Crippen LogP contribution < -0.4 is 4.74 Å². The zero-order chi connectivity index (χ0) is 19.9. The lowest BCUT2D eigenvalue weighted by molar-refractivity contribution is 0.171. The molecular formula is C25H36ClFO. The zero-order valence-electron chi connectivity index (χ0n) is 17.6. The topological polar surface area (TPSA) is 9.23 Å². The molecule has 0 amide bonds. The first kappa shape index (κ1) is 21.7. The molecule has 0 unspecified atom stereocenters. The predicted molar refractivity (Wildman–Crippen MR) is 117 cm³/mol.